The van der Waals surface area contributed by atoms with Crippen molar-refractivity contribution in [2.45, 2.75) is 4.90 Å². The molecule has 0 amide bonds. The molecule has 2 aromatic carbocycles. The lowest BCUT2D eigenvalue weighted by Crippen LogP contribution is -2.16. The number of esters is 2. The molecule has 2 rings (SSSR count). The molecule has 0 bridgehead atoms. The van der Waals surface area contributed by atoms with E-state index in [2.05, 4.69) is 14.2 Å². The average Bonchev–Trinajstić information content (AvgIpc) is 2.65. The molecule has 142 valence electrons. The van der Waals surface area contributed by atoms with Gasteiger partial charge in [-0.15, -0.1) is 0 Å². The second kappa shape index (κ2) is 7.83. The van der Waals surface area contributed by atoms with Crippen molar-refractivity contribution in [3.05, 3.63) is 63.7 Å². The Hall–Kier alpha value is -3.47. The van der Waals surface area contributed by atoms with Gasteiger partial charge in [0.2, 0.25) is 0 Å². The molecule has 0 fully saturated rings. The van der Waals surface area contributed by atoms with Crippen molar-refractivity contribution in [1.29, 1.82) is 0 Å². The van der Waals surface area contributed by atoms with Gasteiger partial charge < -0.3 is 9.47 Å². The largest absolute Gasteiger partial charge is 0.465 e. The highest BCUT2D eigenvalue weighted by Gasteiger charge is 2.26. The average molecular weight is 394 g/mol. The van der Waals surface area contributed by atoms with Crippen molar-refractivity contribution in [1.82, 2.24) is 0 Å². The van der Waals surface area contributed by atoms with E-state index in [0.717, 1.165) is 38.5 Å². The van der Waals surface area contributed by atoms with Gasteiger partial charge in [0, 0.05) is 6.07 Å². The zero-order chi connectivity index (χ0) is 20.2. The fourth-order valence-corrected chi connectivity index (χ4v) is 3.42. The number of para-hydroxylation sites is 1. The molecule has 0 radical (unpaired) electrons. The van der Waals surface area contributed by atoms with E-state index in [0.29, 0.717) is 0 Å². The van der Waals surface area contributed by atoms with Crippen LogP contribution in [0.5, 0.6) is 0 Å². The summed E-state index contributed by atoms with van der Waals surface area (Å²) in [6, 6.07) is 8.18. The van der Waals surface area contributed by atoms with Crippen LogP contribution in [0.2, 0.25) is 0 Å². The number of sulfonamides is 1. The van der Waals surface area contributed by atoms with Crippen molar-refractivity contribution in [3.8, 4) is 0 Å². The standard InChI is InChI=1S/C16H14N2O8S/c1-25-15(19)10-7-11(16(20)26-2)9-12(8-10)17-27(23,24)14-6-4-3-5-13(14)18(21)22/h3-9,17H,1-2H3. The van der Waals surface area contributed by atoms with E-state index >= 15 is 0 Å². The van der Waals surface area contributed by atoms with Gasteiger partial charge in [0.1, 0.15) is 0 Å². The summed E-state index contributed by atoms with van der Waals surface area (Å²) in [5.41, 5.74) is -1.01. The van der Waals surface area contributed by atoms with Crippen LogP contribution in [0.1, 0.15) is 20.7 Å². The number of rotatable bonds is 6. The first-order valence-corrected chi connectivity index (χ1v) is 8.76. The molecule has 0 saturated heterocycles. The Balaban J connectivity index is 2.54. The number of benzene rings is 2. The minimum atomic E-state index is -4.38. The summed E-state index contributed by atoms with van der Waals surface area (Å²) in [6.45, 7) is 0. The first-order valence-electron chi connectivity index (χ1n) is 7.27. The van der Waals surface area contributed by atoms with Crippen LogP contribution in [0.4, 0.5) is 11.4 Å². The Morgan fingerprint density at radius 3 is 2.00 bits per heavy atom. The van der Waals surface area contributed by atoms with Gasteiger partial charge >= 0.3 is 11.9 Å². The Morgan fingerprint density at radius 1 is 1.00 bits per heavy atom. The van der Waals surface area contributed by atoms with E-state index in [1.807, 2.05) is 0 Å². The summed E-state index contributed by atoms with van der Waals surface area (Å²) in [5.74, 6) is -1.63. The van der Waals surface area contributed by atoms with Crippen molar-refractivity contribution >= 4 is 33.3 Å². The minimum absolute atomic E-state index is 0.110. The number of nitro benzene ring substituents is 1. The number of ether oxygens (including phenoxy) is 2. The topological polar surface area (TPSA) is 142 Å². The van der Waals surface area contributed by atoms with Gasteiger partial charge in [0.25, 0.3) is 15.7 Å². The van der Waals surface area contributed by atoms with E-state index in [1.54, 1.807) is 0 Å². The predicted molar refractivity (Wildman–Crippen MR) is 93.0 cm³/mol. The highest BCUT2D eigenvalue weighted by atomic mass is 32.2. The molecular weight excluding hydrogens is 380 g/mol. The van der Waals surface area contributed by atoms with Gasteiger partial charge in [-0.2, -0.15) is 0 Å². The second-order valence-corrected chi connectivity index (χ2v) is 6.76. The summed E-state index contributed by atoms with van der Waals surface area (Å²) in [6.07, 6.45) is 0. The third-order valence-corrected chi connectivity index (χ3v) is 4.81. The first-order chi connectivity index (χ1) is 12.7. The highest BCUT2D eigenvalue weighted by molar-refractivity contribution is 7.92. The number of carbonyl (C=O) groups excluding carboxylic acids is 2. The summed E-state index contributed by atoms with van der Waals surface area (Å²) in [5, 5.41) is 11.1. The molecule has 0 aliphatic rings. The Morgan fingerprint density at radius 2 is 1.52 bits per heavy atom. The summed E-state index contributed by atoms with van der Waals surface area (Å²) in [7, 11) is -2.15. The zero-order valence-electron chi connectivity index (χ0n) is 14.2. The Kier molecular flexibility index (Phi) is 5.75. The van der Waals surface area contributed by atoms with Crippen molar-refractivity contribution in [2.75, 3.05) is 18.9 Å². The number of hydrogen-bond donors (Lipinski definition) is 1. The molecule has 0 spiro atoms. The van der Waals surface area contributed by atoms with Gasteiger partial charge in [-0.05, 0) is 24.3 Å². The lowest BCUT2D eigenvalue weighted by Gasteiger charge is -2.11. The third kappa shape index (κ3) is 4.39. The van der Waals surface area contributed by atoms with Gasteiger partial charge in [-0.25, -0.2) is 18.0 Å². The Bertz CT molecular complexity index is 983. The molecule has 27 heavy (non-hydrogen) atoms. The molecule has 1 N–H and O–H groups in total. The van der Waals surface area contributed by atoms with Crippen molar-refractivity contribution in [3.63, 3.8) is 0 Å². The normalized spacial score (nSPS) is 10.7. The van der Waals surface area contributed by atoms with Crippen LogP contribution in [0, 0.1) is 10.1 Å². The molecule has 0 aromatic heterocycles. The summed E-state index contributed by atoms with van der Waals surface area (Å²) < 4.78 is 36.4. The number of nitrogens with zero attached hydrogens (tertiary/aromatic N) is 1. The monoisotopic (exact) mass is 394 g/mol. The van der Waals surface area contributed by atoms with E-state index in [1.165, 1.54) is 18.2 Å². The molecule has 2 aromatic rings. The maximum absolute atomic E-state index is 12.6. The van der Waals surface area contributed by atoms with Gasteiger partial charge in [-0.3, -0.25) is 14.8 Å². The van der Waals surface area contributed by atoms with Gasteiger partial charge in [-0.1, -0.05) is 12.1 Å². The van der Waals surface area contributed by atoms with E-state index in [4.69, 9.17) is 0 Å². The van der Waals surface area contributed by atoms with Crippen LogP contribution in [0.3, 0.4) is 0 Å². The molecule has 0 aliphatic heterocycles. The lowest BCUT2D eigenvalue weighted by atomic mass is 10.1. The molecule has 0 aliphatic carbocycles. The van der Waals surface area contributed by atoms with Crippen LogP contribution in [-0.2, 0) is 19.5 Å². The fourth-order valence-electron chi connectivity index (χ4n) is 2.20. The molecule has 0 unspecified atom stereocenters. The molecule has 0 atom stereocenters. The van der Waals surface area contributed by atoms with Crippen LogP contribution in [0.15, 0.2) is 47.4 Å². The molecule has 0 heterocycles. The summed E-state index contributed by atoms with van der Waals surface area (Å²) >= 11 is 0. The summed E-state index contributed by atoms with van der Waals surface area (Å²) in [4.78, 5) is 33.2. The number of nitro groups is 1. The molecule has 0 saturated carbocycles. The number of hydrogen-bond acceptors (Lipinski definition) is 8. The quantitative estimate of drug-likeness (QED) is 0.445. The predicted octanol–water partition coefficient (Wildman–Crippen LogP) is 1.97. The number of nitrogens with one attached hydrogen (secondary N) is 1. The van der Waals surface area contributed by atoms with E-state index < -0.39 is 37.5 Å². The van der Waals surface area contributed by atoms with Crippen molar-refractivity contribution < 1.29 is 32.4 Å². The fraction of sp³-hybridized carbons (Fsp3) is 0.125. The second-order valence-electron chi connectivity index (χ2n) is 5.11. The Labute approximate surface area is 153 Å². The maximum Gasteiger partial charge on any atom is 0.337 e. The first kappa shape index (κ1) is 19.8. The maximum atomic E-state index is 12.6. The minimum Gasteiger partial charge on any atom is -0.465 e. The smallest absolute Gasteiger partial charge is 0.337 e. The zero-order valence-corrected chi connectivity index (χ0v) is 15.0. The SMILES string of the molecule is COC(=O)c1cc(NS(=O)(=O)c2ccccc2[N+](=O)[O-])cc(C(=O)OC)c1. The van der Waals surface area contributed by atoms with Crippen LogP contribution < -0.4 is 4.72 Å². The van der Waals surface area contributed by atoms with Gasteiger partial charge in [0.15, 0.2) is 4.90 Å². The lowest BCUT2D eigenvalue weighted by molar-refractivity contribution is -0.387. The molecular formula is C16H14N2O8S. The van der Waals surface area contributed by atoms with Crippen LogP contribution in [0.25, 0.3) is 0 Å². The van der Waals surface area contributed by atoms with E-state index in [-0.39, 0.29) is 16.8 Å². The number of methoxy groups -OCH3 is 2. The van der Waals surface area contributed by atoms with Gasteiger partial charge in [0.05, 0.1) is 36.0 Å². The number of anilines is 1. The van der Waals surface area contributed by atoms with Crippen LogP contribution in [-0.4, -0.2) is 39.5 Å². The number of carbonyl (C=O) groups is 2. The van der Waals surface area contributed by atoms with Crippen molar-refractivity contribution in [2.24, 2.45) is 0 Å². The van der Waals surface area contributed by atoms with E-state index in [9.17, 15) is 28.1 Å². The highest BCUT2D eigenvalue weighted by Crippen LogP contribution is 2.26. The molecule has 10 nitrogen and oxygen atoms in total. The molecule has 11 heteroatoms. The third-order valence-electron chi connectivity index (χ3n) is 3.38. The van der Waals surface area contributed by atoms with Crippen LogP contribution >= 0.6 is 0 Å².